The molecule has 1 atom stereocenters. The zero-order valence-electron chi connectivity index (χ0n) is 10.1. The smallest absolute Gasteiger partial charge is 0.142 e. The Bertz CT molecular complexity index is 453. The van der Waals surface area contributed by atoms with E-state index in [0.29, 0.717) is 12.6 Å². The van der Waals surface area contributed by atoms with Crippen LogP contribution in [0.15, 0.2) is 41.8 Å². The predicted molar refractivity (Wildman–Crippen MR) is 74.0 cm³/mol. The van der Waals surface area contributed by atoms with Crippen molar-refractivity contribution in [3.8, 4) is 5.75 Å². The Kier molecular flexibility index (Phi) is 4.04. The maximum atomic E-state index is 5.60. The van der Waals surface area contributed by atoms with Crippen molar-refractivity contribution in [1.29, 1.82) is 0 Å². The molecule has 1 N–H and O–H groups in total. The van der Waals surface area contributed by atoms with Crippen LogP contribution in [0.3, 0.4) is 0 Å². The van der Waals surface area contributed by atoms with Gasteiger partial charge in [0, 0.05) is 4.88 Å². The van der Waals surface area contributed by atoms with Crippen molar-refractivity contribution in [2.75, 3.05) is 11.9 Å². The maximum Gasteiger partial charge on any atom is 0.142 e. The lowest BCUT2D eigenvalue weighted by atomic mass is 10.2. The Balaban J connectivity index is 2.12. The van der Waals surface area contributed by atoms with Crippen molar-refractivity contribution in [1.82, 2.24) is 0 Å². The highest BCUT2D eigenvalue weighted by Gasteiger charge is 2.09. The van der Waals surface area contributed by atoms with Gasteiger partial charge in [0.2, 0.25) is 0 Å². The van der Waals surface area contributed by atoms with Crippen LogP contribution in [0.4, 0.5) is 5.69 Å². The van der Waals surface area contributed by atoms with Gasteiger partial charge in [0.05, 0.1) is 18.3 Å². The Hall–Kier alpha value is -1.48. The molecule has 2 aromatic rings. The van der Waals surface area contributed by atoms with Crippen molar-refractivity contribution >= 4 is 17.0 Å². The molecule has 0 bridgehead atoms. The summed E-state index contributed by atoms with van der Waals surface area (Å²) in [6, 6.07) is 12.6. The van der Waals surface area contributed by atoms with E-state index in [0.717, 1.165) is 11.4 Å². The third-order valence-corrected chi connectivity index (χ3v) is 3.58. The Morgan fingerprint density at radius 3 is 2.76 bits per heavy atom. The fourth-order valence-corrected chi connectivity index (χ4v) is 2.44. The van der Waals surface area contributed by atoms with Crippen LogP contribution in [0.25, 0.3) is 0 Å². The normalized spacial score (nSPS) is 12.1. The number of anilines is 1. The molecular weight excluding hydrogens is 230 g/mol. The number of nitrogens with one attached hydrogen (secondary N) is 1. The molecule has 17 heavy (non-hydrogen) atoms. The summed E-state index contributed by atoms with van der Waals surface area (Å²) in [7, 11) is 0. The first kappa shape index (κ1) is 12.0. The molecule has 3 heteroatoms. The number of ether oxygens (including phenoxy) is 1. The van der Waals surface area contributed by atoms with Crippen molar-refractivity contribution in [3.05, 3.63) is 46.7 Å². The van der Waals surface area contributed by atoms with Crippen LogP contribution in [-0.2, 0) is 0 Å². The second kappa shape index (κ2) is 5.73. The molecule has 0 aliphatic rings. The van der Waals surface area contributed by atoms with E-state index in [9.17, 15) is 0 Å². The standard InChI is InChI=1S/C14H17NOS/c1-3-16-13-8-5-4-7-12(13)15-11(2)14-9-6-10-17-14/h4-11,15H,3H2,1-2H3. The molecule has 0 spiro atoms. The van der Waals surface area contributed by atoms with E-state index in [4.69, 9.17) is 4.74 Å². The number of rotatable bonds is 5. The van der Waals surface area contributed by atoms with Crippen LogP contribution in [0, 0.1) is 0 Å². The van der Waals surface area contributed by atoms with E-state index in [-0.39, 0.29) is 0 Å². The van der Waals surface area contributed by atoms with Crippen molar-refractivity contribution in [2.24, 2.45) is 0 Å². The first-order valence-corrected chi connectivity index (χ1v) is 6.71. The van der Waals surface area contributed by atoms with Gasteiger partial charge in [0.1, 0.15) is 5.75 Å². The summed E-state index contributed by atoms with van der Waals surface area (Å²) in [5.74, 6) is 0.915. The molecule has 0 fully saturated rings. The van der Waals surface area contributed by atoms with Crippen LogP contribution < -0.4 is 10.1 Å². The number of para-hydroxylation sites is 2. The van der Waals surface area contributed by atoms with Crippen LogP contribution in [0.1, 0.15) is 24.8 Å². The minimum Gasteiger partial charge on any atom is -0.492 e. The molecule has 1 aromatic carbocycles. The van der Waals surface area contributed by atoms with Crippen LogP contribution in [0.2, 0.25) is 0 Å². The molecule has 0 aliphatic carbocycles. The van der Waals surface area contributed by atoms with E-state index < -0.39 is 0 Å². The Morgan fingerprint density at radius 2 is 2.06 bits per heavy atom. The number of benzene rings is 1. The van der Waals surface area contributed by atoms with Gasteiger partial charge in [-0.15, -0.1) is 11.3 Å². The molecule has 0 amide bonds. The van der Waals surface area contributed by atoms with E-state index in [1.807, 2.05) is 25.1 Å². The molecule has 0 aliphatic heterocycles. The quantitative estimate of drug-likeness (QED) is 0.849. The van der Waals surface area contributed by atoms with Crippen LogP contribution in [0.5, 0.6) is 5.75 Å². The van der Waals surface area contributed by atoms with Gasteiger partial charge in [-0.3, -0.25) is 0 Å². The number of hydrogen-bond donors (Lipinski definition) is 1. The summed E-state index contributed by atoms with van der Waals surface area (Å²) in [6.45, 7) is 4.85. The third kappa shape index (κ3) is 3.01. The van der Waals surface area contributed by atoms with Gasteiger partial charge in [0.15, 0.2) is 0 Å². The summed E-state index contributed by atoms with van der Waals surface area (Å²) < 4.78 is 5.60. The van der Waals surface area contributed by atoms with Crippen LogP contribution >= 0.6 is 11.3 Å². The zero-order chi connectivity index (χ0) is 12.1. The minimum atomic E-state index is 0.302. The van der Waals surface area contributed by atoms with Gasteiger partial charge in [-0.2, -0.15) is 0 Å². The molecule has 0 radical (unpaired) electrons. The molecule has 0 saturated carbocycles. The first-order chi connectivity index (χ1) is 8.31. The van der Waals surface area contributed by atoms with E-state index in [1.165, 1.54) is 4.88 Å². The summed E-state index contributed by atoms with van der Waals surface area (Å²) in [5.41, 5.74) is 1.05. The highest BCUT2D eigenvalue weighted by atomic mass is 32.1. The fourth-order valence-electron chi connectivity index (χ4n) is 1.71. The van der Waals surface area contributed by atoms with Crippen molar-refractivity contribution in [3.63, 3.8) is 0 Å². The Morgan fingerprint density at radius 1 is 1.24 bits per heavy atom. The third-order valence-electron chi connectivity index (χ3n) is 2.53. The van der Waals surface area contributed by atoms with Gasteiger partial charge in [-0.25, -0.2) is 0 Å². The number of hydrogen-bond acceptors (Lipinski definition) is 3. The molecule has 0 saturated heterocycles. The highest BCUT2D eigenvalue weighted by Crippen LogP contribution is 2.29. The maximum absolute atomic E-state index is 5.60. The minimum absolute atomic E-state index is 0.302. The van der Waals surface area contributed by atoms with E-state index >= 15 is 0 Å². The first-order valence-electron chi connectivity index (χ1n) is 5.83. The molecule has 1 unspecified atom stereocenters. The lowest BCUT2D eigenvalue weighted by Gasteiger charge is -2.16. The molecule has 1 heterocycles. The molecule has 2 nitrogen and oxygen atoms in total. The van der Waals surface area contributed by atoms with E-state index in [1.54, 1.807) is 11.3 Å². The van der Waals surface area contributed by atoms with Crippen molar-refractivity contribution in [2.45, 2.75) is 19.9 Å². The second-order valence-electron chi connectivity index (χ2n) is 3.81. The molecule has 2 rings (SSSR count). The number of thiophene rings is 1. The fraction of sp³-hybridized carbons (Fsp3) is 0.286. The van der Waals surface area contributed by atoms with Gasteiger partial charge >= 0.3 is 0 Å². The average molecular weight is 247 g/mol. The van der Waals surface area contributed by atoms with Gasteiger partial charge in [0.25, 0.3) is 0 Å². The van der Waals surface area contributed by atoms with Gasteiger partial charge < -0.3 is 10.1 Å². The topological polar surface area (TPSA) is 21.3 Å². The largest absolute Gasteiger partial charge is 0.492 e. The SMILES string of the molecule is CCOc1ccccc1NC(C)c1cccs1. The average Bonchev–Trinajstić information content (AvgIpc) is 2.85. The van der Waals surface area contributed by atoms with Gasteiger partial charge in [-0.05, 0) is 37.4 Å². The summed E-state index contributed by atoms with van der Waals surface area (Å²) in [4.78, 5) is 1.33. The Labute approximate surface area is 106 Å². The molecular formula is C14H17NOS. The van der Waals surface area contributed by atoms with Crippen LogP contribution in [-0.4, -0.2) is 6.61 Å². The lowest BCUT2D eigenvalue weighted by Crippen LogP contribution is -2.06. The highest BCUT2D eigenvalue weighted by molar-refractivity contribution is 7.10. The zero-order valence-corrected chi connectivity index (χ0v) is 11.0. The summed E-state index contributed by atoms with van der Waals surface area (Å²) in [5, 5.41) is 5.58. The summed E-state index contributed by atoms with van der Waals surface area (Å²) >= 11 is 1.77. The van der Waals surface area contributed by atoms with Crippen molar-refractivity contribution < 1.29 is 4.74 Å². The lowest BCUT2D eigenvalue weighted by molar-refractivity contribution is 0.341. The summed E-state index contributed by atoms with van der Waals surface area (Å²) in [6.07, 6.45) is 0. The van der Waals surface area contributed by atoms with E-state index in [2.05, 4.69) is 35.8 Å². The monoisotopic (exact) mass is 247 g/mol. The predicted octanol–water partition coefficient (Wildman–Crippen LogP) is 4.32. The molecule has 1 aromatic heterocycles. The second-order valence-corrected chi connectivity index (χ2v) is 4.79. The van der Waals surface area contributed by atoms with Gasteiger partial charge in [-0.1, -0.05) is 18.2 Å². The molecule has 90 valence electrons.